The molecule has 0 fully saturated rings. The molecule has 0 heterocycles. The molecule has 3 rings (SSSR count). The summed E-state index contributed by atoms with van der Waals surface area (Å²) in [6.45, 7) is 0. The van der Waals surface area contributed by atoms with Gasteiger partial charge in [0.1, 0.15) is 12.0 Å². The summed E-state index contributed by atoms with van der Waals surface area (Å²) in [7, 11) is 0. The van der Waals surface area contributed by atoms with Crippen LogP contribution in [0.2, 0.25) is 0 Å². The molecular formula is C18H13NO4. The summed E-state index contributed by atoms with van der Waals surface area (Å²) in [5, 5.41) is 22.3. The molecule has 114 valence electrons. The monoisotopic (exact) mass is 307 g/mol. The minimum absolute atomic E-state index is 0.0637. The zero-order valence-electron chi connectivity index (χ0n) is 12.0. The summed E-state index contributed by atoms with van der Waals surface area (Å²) >= 11 is 0. The number of benzene rings is 2. The first-order valence-electron chi connectivity index (χ1n) is 6.94. The second-order valence-corrected chi connectivity index (χ2v) is 5.12. The molecule has 1 aliphatic carbocycles. The van der Waals surface area contributed by atoms with Gasteiger partial charge in [-0.05, 0) is 41.5 Å². The van der Waals surface area contributed by atoms with Gasteiger partial charge in [0.25, 0.3) is 0 Å². The van der Waals surface area contributed by atoms with Gasteiger partial charge in [0, 0.05) is 11.4 Å². The molecule has 1 atom stereocenters. The number of carbonyl (C=O) groups excluding carboxylic acids is 1. The highest BCUT2D eigenvalue weighted by Crippen LogP contribution is 2.34. The Morgan fingerprint density at radius 3 is 2.48 bits per heavy atom. The van der Waals surface area contributed by atoms with Crippen molar-refractivity contribution in [2.75, 3.05) is 5.32 Å². The van der Waals surface area contributed by atoms with Crippen LogP contribution in [0.1, 0.15) is 11.1 Å². The van der Waals surface area contributed by atoms with E-state index in [0.29, 0.717) is 11.1 Å². The van der Waals surface area contributed by atoms with E-state index >= 15 is 0 Å². The van der Waals surface area contributed by atoms with Crippen molar-refractivity contribution >= 4 is 34.9 Å². The van der Waals surface area contributed by atoms with E-state index < -0.39 is 12.1 Å². The number of aliphatic hydroxyl groups excluding tert-OH is 1. The Bertz CT molecular complexity index is 849. The van der Waals surface area contributed by atoms with Gasteiger partial charge in [0.05, 0.1) is 11.1 Å². The average molecular weight is 307 g/mol. The molecule has 0 saturated heterocycles. The van der Waals surface area contributed by atoms with E-state index in [-0.39, 0.29) is 11.1 Å². The minimum Gasteiger partial charge on any atom is -0.478 e. The van der Waals surface area contributed by atoms with Gasteiger partial charge in [0.2, 0.25) is 0 Å². The highest BCUT2D eigenvalue weighted by atomic mass is 16.4. The molecule has 5 nitrogen and oxygen atoms in total. The van der Waals surface area contributed by atoms with Crippen molar-refractivity contribution in [3.05, 3.63) is 65.2 Å². The van der Waals surface area contributed by atoms with E-state index in [2.05, 4.69) is 5.32 Å². The van der Waals surface area contributed by atoms with E-state index in [1.807, 2.05) is 30.3 Å². The number of nitrogens with one attached hydrogen (secondary N) is 1. The maximum Gasteiger partial charge on any atom is 0.334 e. The molecule has 1 aliphatic rings. The van der Waals surface area contributed by atoms with Crippen molar-refractivity contribution in [2.45, 2.75) is 6.10 Å². The number of anilines is 2. The fourth-order valence-corrected chi connectivity index (χ4v) is 2.53. The van der Waals surface area contributed by atoms with Gasteiger partial charge in [-0.15, -0.1) is 0 Å². The maximum atomic E-state index is 11.2. The third-order valence-electron chi connectivity index (χ3n) is 3.64. The maximum absolute atomic E-state index is 11.2. The lowest BCUT2D eigenvalue weighted by Gasteiger charge is -2.21. The molecule has 0 saturated carbocycles. The summed E-state index contributed by atoms with van der Waals surface area (Å²) in [5.41, 5.74) is 2.36. The third-order valence-corrected chi connectivity index (χ3v) is 3.64. The number of hydrogen-bond donors (Lipinski definition) is 3. The standard InChI is InChI=1S/C18H13NO4/c20-10-16-14-7-6-13(19-12-4-2-1-3-5-12)8-11(14)9-15(17(16)21)18(22)23/h1-9,17,19,21H,(H,22,23). The number of rotatable bonds is 3. The molecule has 5 heteroatoms. The van der Waals surface area contributed by atoms with Crippen LogP contribution < -0.4 is 5.32 Å². The number of para-hydroxylation sites is 1. The van der Waals surface area contributed by atoms with Crippen molar-refractivity contribution < 1.29 is 19.8 Å². The molecule has 2 aromatic rings. The fourth-order valence-electron chi connectivity index (χ4n) is 2.53. The summed E-state index contributed by atoms with van der Waals surface area (Å²) in [6.07, 6.45) is -0.0928. The molecule has 1 unspecified atom stereocenters. The van der Waals surface area contributed by atoms with Crippen LogP contribution in [-0.2, 0) is 9.59 Å². The lowest BCUT2D eigenvalue weighted by atomic mass is 9.86. The van der Waals surface area contributed by atoms with Crippen LogP contribution in [0.25, 0.3) is 11.6 Å². The Hall–Kier alpha value is -3.14. The molecule has 3 N–H and O–H groups in total. The molecule has 0 bridgehead atoms. The van der Waals surface area contributed by atoms with Crippen molar-refractivity contribution in [1.29, 1.82) is 0 Å². The summed E-state index contributed by atoms with van der Waals surface area (Å²) in [6, 6.07) is 14.7. The Morgan fingerprint density at radius 1 is 1.09 bits per heavy atom. The van der Waals surface area contributed by atoms with Crippen molar-refractivity contribution in [1.82, 2.24) is 0 Å². The average Bonchev–Trinajstić information content (AvgIpc) is 2.55. The van der Waals surface area contributed by atoms with E-state index in [0.717, 1.165) is 11.4 Å². The van der Waals surface area contributed by atoms with Gasteiger partial charge in [0.15, 0.2) is 0 Å². The summed E-state index contributed by atoms with van der Waals surface area (Å²) in [5.74, 6) is 0.390. The summed E-state index contributed by atoms with van der Waals surface area (Å²) in [4.78, 5) is 22.3. The molecule has 23 heavy (non-hydrogen) atoms. The Balaban J connectivity index is 2.05. The second-order valence-electron chi connectivity index (χ2n) is 5.12. The molecule has 0 aliphatic heterocycles. The van der Waals surface area contributed by atoms with E-state index in [1.165, 1.54) is 6.08 Å². The quantitative estimate of drug-likeness (QED) is 0.758. The van der Waals surface area contributed by atoms with Crippen LogP contribution in [0.15, 0.2) is 54.1 Å². The number of aliphatic hydroxyl groups is 1. The Kier molecular flexibility index (Phi) is 3.81. The third kappa shape index (κ3) is 2.79. The molecule has 0 spiro atoms. The first-order chi connectivity index (χ1) is 11.1. The summed E-state index contributed by atoms with van der Waals surface area (Å²) < 4.78 is 0. The minimum atomic E-state index is -1.47. The predicted molar refractivity (Wildman–Crippen MR) is 86.9 cm³/mol. The number of carboxylic acids is 1. The van der Waals surface area contributed by atoms with Gasteiger partial charge in [-0.2, -0.15) is 0 Å². The van der Waals surface area contributed by atoms with Crippen molar-refractivity contribution in [2.24, 2.45) is 0 Å². The highest BCUT2D eigenvalue weighted by molar-refractivity contribution is 6.06. The molecular weight excluding hydrogens is 294 g/mol. The first kappa shape index (κ1) is 14.8. The highest BCUT2D eigenvalue weighted by Gasteiger charge is 2.29. The van der Waals surface area contributed by atoms with E-state index in [4.69, 9.17) is 5.11 Å². The van der Waals surface area contributed by atoms with Gasteiger partial charge in [-0.3, -0.25) is 0 Å². The fraction of sp³-hybridized carbons (Fsp3) is 0.0556. The van der Waals surface area contributed by atoms with Crippen LogP contribution in [0.5, 0.6) is 0 Å². The predicted octanol–water partition coefficient (Wildman–Crippen LogP) is 2.49. The number of carboxylic acid groups (broad SMARTS) is 1. The molecule has 0 radical (unpaired) electrons. The first-order valence-corrected chi connectivity index (χ1v) is 6.94. The van der Waals surface area contributed by atoms with E-state index in [1.54, 1.807) is 24.1 Å². The van der Waals surface area contributed by atoms with Crippen molar-refractivity contribution in [3.63, 3.8) is 0 Å². The Labute approximate surface area is 132 Å². The van der Waals surface area contributed by atoms with Gasteiger partial charge in [-0.1, -0.05) is 24.3 Å². The SMILES string of the molecule is O=C=C1c2ccc(Nc3ccccc3)cc2C=C(C(=O)O)C1O. The van der Waals surface area contributed by atoms with Gasteiger partial charge in [-0.25, -0.2) is 9.59 Å². The lowest BCUT2D eigenvalue weighted by molar-refractivity contribution is -0.133. The Morgan fingerprint density at radius 2 is 1.83 bits per heavy atom. The number of carbonyl (C=O) groups is 1. The van der Waals surface area contributed by atoms with Crippen molar-refractivity contribution in [3.8, 4) is 0 Å². The topological polar surface area (TPSA) is 86.6 Å². The van der Waals surface area contributed by atoms with E-state index in [9.17, 15) is 14.7 Å². The van der Waals surface area contributed by atoms with Crippen LogP contribution in [0.3, 0.4) is 0 Å². The number of aliphatic carboxylic acids is 1. The second kappa shape index (κ2) is 5.93. The van der Waals surface area contributed by atoms with Crippen LogP contribution in [0.4, 0.5) is 11.4 Å². The number of hydrogen-bond acceptors (Lipinski definition) is 4. The van der Waals surface area contributed by atoms with Gasteiger partial charge >= 0.3 is 5.97 Å². The molecule has 2 aromatic carbocycles. The molecule has 0 aromatic heterocycles. The largest absolute Gasteiger partial charge is 0.478 e. The van der Waals surface area contributed by atoms with Crippen LogP contribution in [-0.4, -0.2) is 28.2 Å². The van der Waals surface area contributed by atoms with Crippen LogP contribution in [0, 0.1) is 0 Å². The lowest BCUT2D eigenvalue weighted by Crippen LogP contribution is -2.23. The number of fused-ring (bicyclic) bond motifs is 1. The zero-order chi connectivity index (χ0) is 16.4. The zero-order valence-corrected chi connectivity index (χ0v) is 12.0. The van der Waals surface area contributed by atoms with Crippen LogP contribution >= 0.6 is 0 Å². The smallest absolute Gasteiger partial charge is 0.334 e. The molecule has 0 amide bonds. The van der Waals surface area contributed by atoms with Gasteiger partial charge < -0.3 is 15.5 Å². The normalized spacial score (nSPS) is 16.1.